The molecule has 9 N–H and O–H groups in total. The Bertz CT molecular complexity index is 1600. The number of ketones is 1. The molecule has 1 spiro atoms. The van der Waals surface area contributed by atoms with Gasteiger partial charge in [0.05, 0.1) is 38.6 Å². The van der Waals surface area contributed by atoms with Crippen molar-refractivity contribution in [1.82, 2.24) is 0 Å². The highest BCUT2D eigenvalue weighted by Crippen LogP contribution is 2.71. The van der Waals surface area contributed by atoms with Crippen LogP contribution in [0.3, 0.4) is 0 Å². The van der Waals surface area contributed by atoms with Gasteiger partial charge in [-0.05, 0) is 85.4 Å². The van der Waals surface area contributed by atoms with E-state index in [4.69, 9.17) is 37.9 Å². The number of aliphatic hydroxyl groups excluding tert-OH is 9. The molecule has 354 valence electrons. The first-order chi connectivity index (χ1) is 29.4. The maximum atomic E-state index is 14.4. The molecule has 62 heavy (non-hydrogen) atoms. The summed E-state index contributed by atoms with van der Waals surface area (Å²) < 4.78 is 48.7. The summed E-state index contributed by atoms with van der Waals surface area (Å²) in [5.74, 6) is 1.66. The van der Waals surface area contributed by atoms with E-state index < -0.39 is 111 Å². The molecule has 18 heteroatoms. The zero-order valence-corrected chi connectivity index (χ0v) is 36.2. The van der Waals surface area contributed by atoms with Crippen LogP contribution in [0.2, 0.25) is 0 Å². The van der Waals surface area contributed by atoms with Crippen LogP contribution in [-0.2, 0) is 42.7 Å². The Labute approximate surface area is 362 Å². The van der Waals surface area contributed by atoms with Crippen molar-refractivity contribution in [3.63, 3.8) is 0 Å². The predicted octanol–water partition coefficient (Wildman–Crippen LogP) is -0.915. The number of fused-ring (bicyclic) bond motifs is 7. The fourth-order valence-electron chi connectivity index (χ4n) is 14.1. The van der Waals surface area contributed by atoms with E-state index in [0.717, 1.165) is 45.1 Å². The van der Waals surface area contributed by atoms with Gasteiger partial charge in [0.2, 0.25) is 0 Å². The van der Waals surface area contributed by atoms with Gasteiger partial charge in [-0.1, -0.05) is 27.7 Å². The fraction of sp³-hybridized carbons (Fsp3) is 0.977. The Morgan fingerprint density at radius 3 is 2.13 bits per heavy atom. The fourth-order valence-corrected chi connectivity index (χ4v) is 14.1. The Balaban J connectivity index is 0.878. The van der Waals surface area contributed by atoms with Crippen LogP contribution in [0.25, 0.3) is 0 Å². The normalized spacial score (nSPS) is 57.8. The molecule has 5 aliphatic heterocycles. The van der Waals surface area contributed by atoms with E-state index in [0.29, 0.717) is 42.9 Å². The molecule has 9 fully saturated rings. The third-order valence-electron chi connectivity index (χ3n) is 17.7. The number of carbonyl (C=O) groups is 1. The number of hydrogen-bond acceptors (Lipinski definition) is 18. The minimum absolute atomic E-state index is 0.0626. The van der Waals surface area contributed by atoms with E-state index in [2.05, 4.69) is 27.7 Å². The Kier molecular flexibility index (Phi) is 12.8. The van der Waals surface area contributed by atoms with Gasteiger partial charge in [-0.2, -0.15) is 0 Å². The van der Waals surface area contributed by atoms with Crippen LogP contribution in [0.5, 0.6) is 0 Å². The van der Waals surface area contributed by atoms with Crippen LogP contribution in [0, 0.1) is 52.3 Å². The van der Waals surface area contributed by atoms with Crippen LogP contribution in [-0.4, -0.2) is 182 Å². The summed E-state index contributed by atoms with van der Waals surface area (Å²) in [5.41, 5.74) is -0.187. The highest BCUT2D eigenvalue weighted by Gasteiger charge is 2.70. The van der Waals surface area contributed by atoms with Crippen LogP contribution < -0.4 is 0 Å². The van der Waals surface area contributed by atoms with E-state index in [-0.39, 0.29) is 47.1 Å². The lowest BCUT2D eigenvalue weighted by Crippen LogP contribution is -2.65. The SMILES string of the molecule is C[C@@H]1CC[C@@]2(OC1)O[C@H]1C[C@H]3[C@@H]4CC(=O)C5CC(O[C@@H]6O[C@H](CO[C@@H]7OC[C@H](O)[C@H](O)[C@H]7O)[C@@H](O[C@@H]7O[C@H](CO)[C@@H](O)[C@H](O)[C@H]7O)[C@H](O)[C@H]6O)CC[C@]5(C)[C@H]4CC[C@]3(C)[C@H]1[C@@H]2C. The Hall–Kier alpha value is -1.01. The second-order valence-electron chi connectivity index (χ2n) is 21.1. The molecule has 5 saturated heterocycles. The molecule has 18 nitrogen and oxygen atoms in total. The minimum Gasteiger partial charge on any atom is -0.394 e. The molecule has 4 aliphatic carbocycles. The minimum atomic E-state index is -1.84. The first kappa shape index (κ1) is 46.1. The lowest BCUT2D eigenvalue weighted by molar-refractivity contribution is -0.369. The number of hydrogen-bond donors (Lipinski definition) is 9. The molecular weight excluding hydrogens is 816 g/mol. The molecule has 9 rings (SSSR count). The van der Waals surface area contributed by atoms with Crippen LogP contribution in [0.1, 0.15) is 85.5 Å². The van der Waals surface area contributed by atoms with Gasteiger partial charge in [0.25, 0.3) is 0 Å². The summed E-state index contributed by atoms with van der Waals surface area (Å²) in [5, 5.41) is 94.9. The van der Waals surface area contributed by atoms with Crippen molar-refractivity contribution in [2.45, 2.75) is 189 Å². The molecule has 2 unspecified atom stereocenters. The Morgan fingerprint density at radius 1 is 0.710 bits per heavy atom. The average Bonchev–Trinajstić information content (AvgIpc) is 3.70. The zero-order valence-electron chi connectivity index (χ0n) is 36.2. The van der Waals surface area contributed by atoms with Crippen LogP contribution >= 0.6 is 0 Å². The van der Waals surface area contributed by atoms with Crippen molar-refractivity contribution in [1.29, 1.82) is 0 Å². The maximum absolute atomic E-state index is 14.4. The van der Waals surface area contributed by atoms with Gasteiger partial charge in [-0.3, -0.25) is 4.79 Å². The topological polar surface area (TPSA) is 273 Å². The van der Waals surface area contributed by atoms with Gasteiger partial charge < -0.3 is 83.9 Å². The second-order valence-corrected chi connectivity index (χ2v) is 21.1. The van der Waals surface area contributed by atoms with Gasteiger partial charge >= 0.3 is 0 Å². The van der Waals surface area contributed by atoms with Gasteiger partial charge in [-0.25, -0.2) is 0 Å². The quantitative estimate of drug-likeness (QED) is 0.133. The third-order valence-corrected chi connectivity index (χ3v) is 17.7. The summed E-state index contributed by atoms with van der Waals surface area (Å²) in [7, 11) is 0. The molecule has 0 bridgehead atoms. The molecule has 4 saturated carbocycles. The van der Waals surface area contributed by atoms with E-state index in [1.54, 1.807) is 0 Å². The van der Waals surface area contributed by atoms with Gasteiger partial charge in [-0.15, -0.1) is 0 Å². The summed E-state index contributed by atoms with van der Waals surface area (Å²) in [4.78, 5) is 14.4. The van der Waals surface area contributed by atoms with Crippen molar-refractivity contribution < 1.29 is 88.6 Å². The van der Waals surface area contributed by atoms with Gasteiger partial charge in [0.15, 0.2) is 24.7 Å². The molecule has 0 amide bonds. The van der Waals surface area contributed by atoms with Crippen molar-refractivity contribution >= 4 is 5.78 Å². The van der Waals surface area contributed by atoms with Crippen molar-refractivity contribution in [2.24, 2.45) is 52.3 Å². The molecular formula is C44H70O18. The molecule has 0 radical (unpaired) electrons. The first-order valence-electron chi connectivity index (χ1n) is 23.2. The van der Waals surface area contributed by atoms with Crippen molar-refractivity contribution in [3.8, 4) is 0 Å². The monoisotopic (exact) mass is 886 g/mol. The lowest BCUT2D eigenvalue weighted by atomic mass is 9.44. The third kappa shape index (κ3) is 7.56. The van der Waals surface area contributed by atoms with Crippen molar-refractivity contribution in [3.05, 3.63) is 0 Å². The summed E-state index contributed by atoms with van der Waals surface area (Å²) in [6.07, 6.45) is -15.3. The standard InChI is InChI=1S/C44H70O18/c1-18-5-10-44(57-15-18)19(2)30-27(62-44)13-23-21-12-25(46)24-11-20(6-8-42(24,3)22(21)7-9-43(23,30)4)58-40-37(54)34(51)38(61-41-36(53)33(50)32(49)28(14-45)59-41)29(60-40)17-56-39-35(52)31(48)26(47)16-55-39/h18-24,26-41,45,47-54H,5-17H2,1-4H3/t18-,19+,20?,21-,22+,23+,24?,26+,27+,28-,29-,30+,31+,32-,33+,34-,35-,36-,37-,38-,39+,40-,41+,42-,43+,44-/m1/s1. The number of ether oxygens (including phenoxy) is 8. The van der Waals surface area contributed by atoms with E-state index in [9.17, 15) is 50.8 Å². The number of aliphatic hydroxyl groups is 9. The van der Waals surface area contributed by atoms with E-state index in [1.165, 1.54) is 0 Å². The number of Topliss-reactive ketones (excluding diaryl/α,β-unsaturated/α-hetero) is 1. The number of rotatable bonds is 8. The summed E-state index contributed by atoms with van der Waals surface area (Å²) in [6, 6.07) is 0. The molecule has 0 aromatic heterocycles. The predicted molar refractivity (Wildman–Crippen MR) is 210 cm³/mol. The van der Waals surface area contributed by atoms with E-state index in [1.807, 2.05) is 0 Å². The molecule has 9 aliphatic rings. The maximum Gasteiger partial charge on any atom is 0.187 e. The highest BCUT2D eigenvalue weighted by molar-refractivity contribution is 5.83. The van der Waals surface area contributed by atoms with Gasteiger partial charge in [0, 0.05) is 24.7 Å². The second kappa shape index (κ2) is 17.3. The average molecular weight is 887 g/mol. The highest BCUT2D eigenvalue weighted by atomic mass is 16.8. The molecule has 26 atom stereocenters. The molecule has 0 aromatic rings. The van der Waals surface area contributed by atoms with Crippen LogP contribution in [0.15, 0.2) is 0 Å². The molecule has 5 heterocycles. The summed E-state index contributed by atoms with van der Waals surface area (Å²) >= 11 is 0. The van der Waals surface area contributed by atoms with E-state index >= 15 is 0 Å². The summed E-state index contributed by atoms with van der Waals surface area (Å²) in [6.45, 7) is 8.43. The lowest BCUT2D eigenvalue weighted by Gasteiger charge is -2.60. The first-order valence-corrected chi connectivity index (χ1v) is 23.2. The largest absolute Gasteiger partial charge is 0.394 e. The van der Waals surface area contributed by atoms with Gasteiger partial charge in [0.1, 0.15) is 72.9 Å². The van der Waals surface area contributed by atoms with Crippen LogP contribution in [0.4, 0.5) is 0 Å². The Morgan fingerprint density at radius 2 is 1.40 bits per heavy atom. The smallest absolute Gasteiger partial charge is 0.187 e. The number of carbonyl (C=O) groups excluding carboxylic acids is 1. The van der Waals surface area contributed by atoms with Crippen molar-refractivity contribution in [2.75, 3.05) is 26.4 Å². The zero-order chi connectivity index (χ0) is 44.2. The molecule has 0 aromatic carbocycles.